The van der Waals surface area contributed by atoms with Gasteiger partial charge in [0.05, 0.1) is 0 Å². The predicted octanol–water partition coefficient (Wildman–Crippen LogP) is 3.09. The number of amides is 1. The van der Waals surface area contributed by atoms with Crippen LogP contribution in [0.25, 0.3) is 0 Å². The van der Waals surface area contributed by atoms with Gasteiger partial charge in [-0.15, -0.1) is 24.0 Å². The number of nitrogens with one attached hydrogen (secondary N) is 2. The van der Waals surface area contributed by atoms with Crippen molar-refractivity contribution >= 4 is 41.5 Å². The summed E-state index contributed by atoms with van der Waals surface area (Å²) < 4.78 is 0. The van der Waals surface area contributed by atoms with Gasteiger partial charge in [0.1, 0.15) is 0 Å². The first-order valence-corrected chi connectivity index (χ1v) is 10.7. The summed E-state index contributed by atoms with van der Waals surface area (Å²) in [6.45, 7) is 3.35. The maximum atomic E-state index is 12.7. The lowest BCUT2D eigenvalue weighted by Crippen LogP contribution is -2.47. The van der Waals surface area contributed by atoms with Crippen LogP contribution in [-0.2, 0) is 4.79 Å². The molecule has 0 radical (unpaired) electrons. The van der Waals surface area contributed by atoms with Crippen LogP contribution in [-0.4, -0.2) is 63.1 Å². The van der Waals surface area contributed by atoms with Crippen molar-refractivity contribution in [3.8, 4) is 0 Å². The molecule has 1 aliphatic heterocycles. The number of rotatable bonds is 6. The molecule has 1 aliphatic carbocycles. The average molecular weight is 513 g/mol. The summed E-state index contributed by atoms with van der Waals surface area (Å²) in [6, 6.07) is 10.7. The van der Waals surface area contributed by atoms with Crippen molar-refractivity contribution in [2.24, 2.45) is 10.9 Å². The van der Waals surface area contributed by atoms with Crippen LogP contribution in [0.4, 0.5) is 5.69 Å². The molecule has 2 aliphatic rings. The second-order valence-corrected chi connectivity index (χ2v) is 8.01. The Hall–Kier alpha value is -1.51. The molecule has 2 N–H and O–H groups in total. The van der Waals surface area contributed by atoms with Gasteiger partial charge in [-0.2, -0.15) is 0 Å². The smallest absolute Gasteiger partial charge is 0.225 e. The zero-order chi connectivity index (χ0) is 19.8. The first-order valence-electron chi connectivity index (χ1n) is 10.7. The van der Waals surface area contributed by atoms with E-state index in [-0.39, 0.29) is 35.9 Å². The molecule has 1 unspecified atom stereocenters. The zero-order valence-electron chi connectivity index (χ0n) is 17.8. The second-order valence-electron chi connectivity index (χ2n) is 8.01. The number of likely N-dealkylation sites (N-methyl/N-ethyl adjacent to an activating group) is 1. The van der Waals surface area contributed by atoms with Gasteiger partial charge in [0, 0.05) is 57.9 Å². The Morgan fingerprint density at radius 1 is 1.17 bits per heavy atom. The first-order chi connectivity index (χ1) is 13.7. The minimum atomic E-state index is 0. The lowest BCUT2D eigenvalue weighted by atomic mass is 9.88. The van der Waals surface area contributed by atoms with Crippen LogP contribution in [0.15, 0.2) is 35.3 Å². The summed E-state index contributed by atoms with van der Waals surface area (Å²) in [5.74, 6) is 1.45. The number of guanidine groups is 1. The van der Waals surface area contributed by atoms with Gasteiger partial charge >= 0.3 is 0 Å². The molecule has 7 heteroatoms. The average Bonchev–Trinajstić information content (AvgIpc) is 3.22. The SMILES string of the molecule is CN=C(NCCN(C)c1ccccc1)NC1CCN(C(=O)C2CCCCC2)C1.I. The molecule has 1 saturated carbocycles. The third kappa shape index (κ3) is 7.04. The van der Waals surface area contributed by atoms with Crippen LogP contribution < -0.4 is 15.5 Å². The maximum absolute atomic E-state index is 12.7. The molecule has 1 aromatic carbocycles. The Kier molecular flexibility index (Phi) is 10.0. The predicted molar refractivity (Wildman–Crippen MR) is 131 cm³/mol. The second kappa shape index (κ2) is 12.2. The van der Waals surface area contributed by atoms with Gasteiger partial charge < -0.3 is 20.4 Å². The maximum Gasteiger partial charge on any atom is 0.225 e. The number of hydrogen-bond acceptors (Lipinski definition) is 3. The molecule has 1 heterocycles. The van der Waals surface area contributed by atoms with E-state index in [1.54, 1.807) is 7.05 Å². The zero-order valence-corrected chi connectivity index (χ0v) is 20.1. The molecule has 162 valence electrons. The van der Waals surface area contributed by atoms with E-state index in [2.05, 4.69) is 56.7 Å². The van der Waals surface area contributed by atoms with Gasteiger partial charge in [-0.05, 0) is 31.4 Å². The lowest BCUT2D eigenvalue weighted by molar-refractivity contribution is -0.135. The number of carbonyl (C=O) groups excluding carboxylic acids is 1. The first kappa shape index (κ1) is 23.8. The number of hydrogen-bond donors (Lipinski definition) is 2. The van der Waals surface area contributed by atoms with E-state index < -0.39 is 0 Å². The summed E-state index contributed by atoms with van der Waals surface area (Å²) >= 11 is 0. The van der Waals surface area contributed by atoms with Crippen molar-refractivity contribution in [1.82, 2.24) is 15.5 Å². The summed E-state index contributed by atoms with van der Waals surface area (Å²) in [5, 5.41) is 6.89. The van der Waals surface area contributed by atoms with Gasteiger partial charge in [-0.1, -0.05) is 37.5 Å². The fourth-order valence-corrected chi connectivity index (χ4v) is 4.23. The Morgan fingerprint density at radius 2 is 1.90 bits per heavy atom. The molecule has 1 amide bonds. The highest BCUT2D eigenvalue weighted by atomic mass is 127. The topological polar surface area (TPSA) is 60.0 Å². The van der Waals surface area contributed by atoms with Crippen LogP contribution in [0, 0.1) is 5.92 Å². The standard InChI is InChI=1S/C22H35N5O.HI/c1-23-22(24-14-16-26(2)20-11-7-4-8-12-20)25-19-13-15-27(17-19)21(28)18-9-5-3-6-10-18;/h4,7-8,11-12,18-19H,3,5-6,9-10,13-17H2,1-2H3,(H2,23,24,25);1H. The Balaban J connectivity index is 0.00000300. The van der Waals surface area contributed by atoms with Crippen LogP contribution in [0.3, 0.4) is 0 Å². The Labute approximate surface area is 192 Å². The molecule has 0 spiro atoms. The molecule has 0 bridgehead atoms. The molecule has 1 saturated heterocycles. The van der Waals surface area contributed by atoms with E-state index in [9.17, 15) is 4.79 Å². The van der Waals surface area contributed by atoms with E-state index in [1.165, 1.54) is 24.9 Å². The minimum absolute atomic E-state index is 0. The van der Waals surface area contributed by atoms with E-state index in [4.69, 9.17) is 0 Å². The number of benzene rings is 1. The summed E-state index contributed by atoms with van der Waals surface area (Å²) in [5.41, 5.74) is 1.21. The quantitative estimate of drug-likeness (QED) is 0.349. The number of carbonyl (C=O) groups is 1. The Bertz CT molecular complexity index is 648. The fraction of sp³-hybridized carbons (Fsp3) is 0.636. The third-order valence-corrected chi connectivity index (χ3v) is 5.96. The van der Waals surface area contributed by atoms with Crippen LogP contribution in [0.2, 0.25) is 0 Å². The number of nitrogens with zero attached hydrogens (tertiary/aromatic N) is 3. The van der Waals surface area contributed by atoms with Crippen LogP contribution in [0.5, 0.6) is 0 Å². The number of anilines is 1. The molecule has 6 nitrogen and oxygen atoms in total. The molecule has 2 fully saturated rings. The molecular weight excluding hydrogens is 477 g/mol. The van der Waals surface area contributed by atoms with Crippen molar-refractivity contribution < 1.29 is 4.79 Å². The fourth-order valence-electron chi connectivity index (χ4n) is 4.23. The largest absolute Gasteiger partial charge is 0.373 e. The summed E-state index contributed by atoms with van der Waals surface area (Å²) in [7, 11) is 3.90. The summed E-state index contributed by atoms with van der Waals surface area (Å²) in [4.78, 5) is 21.4. The molecule has 29 heavy (non-hydrogen) atoms. The highest BCUT2D eigenvalue weighted by Gasteiger charge is 2.31. The van der Waals surface area contributed by atoms with Gasteiger partial charge in [0.2, 0.25) is 5.91 Å². The van der Waals surface area contributed by atoms with Crippen molar-refractivity contribution in [3.63, 3.8) is 0 Å². The number of likely N-dealkylation sites (tertiary alicyclic amines) is 1. The molecule has 1 aromatic rings. The van der Waals surface area contributed by atoms with E-state index in [0.717, 1.165) is 51.4 Å². The van der Waals surface area contributed by atoms with Crippen molar-refractivity contribution in [3.05, 3.63) is 30.3 Å². The number of para-hydroxylation sites is 1. The normalized spacial score (nSPS) is 20.1. The number of aliphatic imine (C=N–C) groups is 1. The molecule has 1 atom stereocenters. The highest BCUT2D eigenvalue weighted by Crippen LogP contribution is 2.26. The van der Waals surface area contributed by atoms with Gasteiger partial charge in [-0.25, -0.2) is 0 Å². The van der Waals surface area contributed by atoms with E-state index >= 15 is 0 Å². The molecular formula is C22H36IN5O. The van der Waals surface area contributed by atoms with Crippen molar-refractivity contribution in [2.75, 3.05) is 45.2 Å². The van der Waals surface area contributed by atoms with Crippen LogP contribution >= 0.6 is 24.0 Å². The third-order valence-electron chi connectivity index (χ3n) is 5.96. The van der Waals surface area contributed by atoms with E-state index in [1.807, 2.05) is 6.07 Å². The lowest BCUT2D eigenvalue weighted by Gasteiger charge is -2.26. The molecule has 3 rings (SSSR count). The summed E-state index contributed by atoms with van der Waals surface area (Å²) in [6.07, 6.45) is 6.84. The Morgan fingerprint density at radius 3 is 2.59 bits per heavy atom. The minimum Gasteiger partial charge on any atom is -0.373 e. The van der Waals surface area contributed by atoms with Gasteiger partial charge in [-0.3, -0.25) is 9.79 Å². The number of halogens is 1. The van der Waals surface area contributed by atoms with Crippen molar-refractivity contribution in [1.29, 1.82) is 0 Å². The van der Waals surface area contributed by atoms with Crippen molar-refractivity contribution in [2.45, 2.75) is 44.6 Å². The van der Waals surface area contributed by atoms with Gasteiger partial charge in [0.15, 0.2) is 5.96 Å². The van der Waals surface area contributed by atoms with Crippen LogP contribution in [0.1, 0.15) is 38.5 Å². The van der Waals surface area contributed by atoms with Gasteiger partial charge in [0.25, 0.3) is 0 Å². The molecule has 0 aromatic heterocycles. The monoisotopic (exact) mass is 513 g/mol. The highest BCUT2D eigenvalue weighted by molar-refractivity contribution is 14.0. The van der Waals surface area contributed by atoms with E-state index in [0.29, 0.717) is 5.91 Å².